The second-order valence-electron chi connectivity index (χ2n) is 4.24. The van der Waals surface area contributed by atoms with Crippen molar-refractivity contribution >= 4 is 11.4 Å². The molecule has 4 nitrogen and oxygen atoms in total. The number of nitriles is 1. The zero-order chi connectivity index (χ0) is 15.1. The van der Waals surface area contributed by atoms with Crippen LogP contribution < -0.4 is 5.32 Å². The molecular formula is C16H13FN4. The molecule has 1 aromatic heterocycles. The van der Waals surface area contributed by atoms with Crippen LogP contribution in [0.1, 0.15) is 11.3 Å². The van der Waals surface area contributed by atoms with Crippen LogP contribution in [0.5, 0.6) is 0 Å². The summed E-state index contributed by atoms with van der Waals surface area (Å²) in [6, 6.07) is 13.5. The van der Waals surface area contributed by atoms with E-state index in [4.69, 9.17) is 10.7 Å². The molecule has 0 bridgehead atoms. The number of nitrogens with zero attached hydrogens (tertiary/aromatic N) is 2. The third-order valence-corrected chi connectivity index (χ3v) is 2.78. The van der Waals surface area contributed by atoms with Gasteiger partial charge in [0.25, 0.3) is 0 Å². The van der Waals surface area contributed by atoms with E-state index in [1.165, 1.54) is 12.1 Å². The van der Waals surface area contributed by atoms with Crippen molar-refractivity contribution in [2.24, 2.45) is 0 Å². The third-order valence-electron chi connectivity index (χ3n) is 2.78. The molecule has 2 rings (SSSR count). The summed E-state index contributed by atoms with van der Waals surface area (Å²) in [4.78, 5) is 4.17. The second kappa shape index (κ2) is 6.96. The molecule has 21 heavy (non-hydrogen) atoms. The Morgan fingerprint density at radius 1 is 1.29 bits per heavy atom. The largest absolute Gasteiger partial charge is 0.379 e. The average molecular weight is 280 g/mol. The number of hydrogen-bond donors (Lipinski definition) is 2. The van der Waals surface area contributed by atoms with E-state index >= 15 is 0 Å². The first-order valence-corrected chi connectivity index (χ1v) is 6.29. The Kier molecular flexibility index (Phi) is 4.78. The number of hydrogen-bond acceptors (Lipinski definition) is 4. The quantitative estimate of drug-likeness (QED) is 0.827. The molecule has 0 spiro atoms. The number of allylic oxidation sites excluding steroid dienone is 1. The van der Waals surface area contributed by atoms with Gasteiger partial charge in [-0.1, -0.05) is 24.3 Å². The molecule has 0 amide bonds. The predicted octanol–water partition coefficient (Wildman–Crippen LogP) is 2.89. The maximum atomic E-state index is 13.6. The van der Waals surface area contributed by atoms with Gasteiger partial charge < -0.3 is 5.32 Å². The summed E-state index contributed by atoms with van der Waals surface area (Å²) in [6.45, 7) is 0.244. The first kappa shape index (κ1) is 14.4. The van der Waals surface area contributed by atoms with Gasteiger partial charge in [0.2, 0.25) is 0 Å². The zero-order valence-electron chi connectivity index (χ0n) is 11.2. The fourth-order valence-electron chi connectivity index (χ4n) is 1.75. The Morgan fingerprint density at radius 3 is 2.71 bits per heavy atom. The van der Waals surface area contributed by atoms with Crippen molar-refractivity contribution in [3.05, 3.63) is 71.8 Å². The van der Waals surface area contributed by atoms with E-state index in [1.807, 2.05) is 0 Å². The van der Waals surface area contributed by atoms with E-state index in [0.717, 1.165) is 0 Å². The fourth-order valence-corrected chi connectivity index (χ4v) is 1.75. The Labute approximate surface area is 122 Å². The molecule has 0 fully saturated rings. The molecule has 1 aromatic carbocycles. The molecule has 5 heteroatoms. The van der Waals surface area contributed by atoms with Gasteiger partial charge in [0.05, 0.1) is 11.4 Å². The fraction of sp³-hybridized carbons (Fsp3) is 0.0625. The Morgan fingerprint density at radius 2 is 2.05 bits per heavy atom. The standard InChI is InChI=1S/C16H13FN4/c17-14-6-2-1-5-12(14)11-21-16(9-13(19)10-18)15-7-3-4-8-20-15/h1-9,19,21H,11H2/b16-9-,19-13?. The summed E-state index contributed by atoms with van der Waals surface area (Å²) in [7, 11) is 0. The van der Waals surface area contributed by atoms with Gasteiger partial charge >= 0.3 is 0 Å². The van der Waals surface area contributed by atoms with Crippen LogP contribution in [0.3, 0.4) is 0 Å². The molecular weight excluding hydrogens is 267 g/mol. The molecule has 0 aliphatic heterocycles. The summed E-state index contributed by atoms with van der Waals surface area (Å²) >= 11 is 0. The van der Waals surface area contributed by atoms with Gasteiger partial charge in [-0.25, -0.2) is 4.39 Å². The normalized spacial score (nSPS) is 10.8. The molecule has 0 aliphatic rings. The average Bonchev–Trinajstić information content (AvgIpc) is 2.53. The number of nitrogens with one attached hydrogen (secondary N) is 2. The van der Waals surface area contributed by atoms with Gasteiger partial charge in [-0.3, -0.25) is 10.4 Å². The Bertz CT molecular complexity index is 702. The highest BCUT2D eigenvalue weighted by molar-refractivity contribution is 6.08. The van der Waals surface area contributed by atoms with Crippen LogP contribution in [-0.2, 0) is 6.54 Å². The molecule has 0 unspecified atom stereocenters. The lowest BCUT2D eigenvalue weighted by atomic mass is 10.2. The van der Waals surface area contributed by atoms with Crippen molar-refractivity contribution in [2.45, 2.75) is 6.54 Å². The predicted molar refractivity (Wildman–Crippen MR) is 78.8 cm³/mol. The van der Waals surface area contributed by atoms with Crippen LogP contribution in [0.2, 0.25) is 0 Å². The van der Waals surface area contributed by atoms with Gasteiger partial charge in [0, 0.05) is 18.3 Å². The number of halogens is 1. The molecule has 2 N–H and O–H groups in total. The minimum Gasteiger partial charge on any atom is -0.379 e. The van der Waals surface area contributed by atoms with Crippen LogP contribution in [0.15, 0.2) is 54.7 Å². The van der Waals surface area contributed by atoms with Gasteiger partial charge in [-0.05, 0) is 24.3 Å². The van der Waals surface area contributed by atoms with E-state index in [1.54, 1.807) is 48.7 Å². The second-order valence-corrected chi connectivity index (χ2v) is 4.24. The highest BCUT2D eigenvalue weighted by atomic mass is 19.1. The number of benzene rings is 1. The first-order valence-electron chi connectivity index (χ1n) is 6.29. The molecule has 1 heterocycles. The van der Waals surface area contributed by atoms with Crippen LogP contribution in [-0.4, -0.2) is 10.7 Å². The van der Waals surface area contributed by atoms with Crippen LogP contribution in [0.25, 0.3) is 5.70 Å². The van der Waals surface area contributed by atoms with E-state index in [2.05, 4.69) is 10.3 Å². The van der Waals surface area contributed by atoms with Gasteiger partial charge in [-0.15, -0.1) is 0 Å². The van der Waals surface area contributed by atoms with Crippen molar-refractivity contribution in [1.29, 1.82) is 10.7 Å². The zero-order valence-corrected chi connectivity index (χ0v) is 11.2. The van der Waals surface area contributed by atoms with Crippen LogP contribution in [0, 0.1) is 22.6 Å². The van der Waals surface area contributed by atoms with Gasteiger partial charge in [-0.2, -0.15) is 5.26 Å². The number of aromatic nitrogens is 1. The monoisotopic (exact) mass is 280 g/mol. The van der Waals surface area contributed by atoms with Crippen LogP contribution >= 0.6 is 0 Å². The van der Waals surface area contributed by atoms with Crippen molar-refractivity contribution < 1.29 is 4.39 Å². The highest BCUT2D eigenvalue weighted by Crippen LogP contribution is 2.11. The lowest BCUT2D eigenvalue weighted by Crippen LogP contribution is -2.15. The molecule has 0 saturated heterocycles. The van der Waals surface area contributed by atoms with E-state index in [0.29, 0.717) is 17.0 Å². The lowest BCUT2D eigenvalue weighted by Gasteiger charge is -2.11. The molecule has 0 atom stereocenters. The first-order chi connectivity index (χ1) is 10.2. The SMILES string of the molecule is N#CC(=N)/C=C(\NCc1ccccc1F)c1ccccn1. The maximum absolute atomic E-state index is 13.6. The summed E-state index contributed by atoms with van der Waals surface area (Å²) in [6.07, 6.45) is 2.99. The molecule has 104 valence electrons. The Hall–Kier alpha value is -3.00. The van der Waals surface area contributed by atoms with Gasteiger partial charge in [0.1, 0.15) is 17.6 Å². The van der Waals surface area contributed by atoms with E-state index in [9.17, 15) is 4.39 Å². The molecule has 0 radical (unpaired) electrons. The Balaban J connectivity index is 2.22. The molecule has 0 saturated carbocycles. The highest BCUT2D eigenvalue weighted by Gasteiger charge is 2.06. The third kappa shape index (κ3) is 3.98. The van der Waals surface area contributed by atoms with Crippen molar-refractivity contribution in [3.63, 3.8) is 0 Å². The summed E-state index contributed by atoms with van der Waals surface area (Å²) in [5.74, 6) is -0.305. The lowest BCUT2D eigenvalue weighted by molar-refractivity contribution is 0.605. The van der Waals surface area contributed by atoms with Crippen molar-refractivity contribution in [3.8, 4) is 6.07 Å². The molecule has 2 aromatic rings. The maximum Gasteiger partial charge on any atom is 0.134 e. The van der Waals surface area contributed by atoms with Crippen molar-refractivity contribution in [2.75, 3.05) is 0 Å². The molecule has 0 aliphatic carbocycles. The summed E-state index contributed by atoms with van der Waals surface area (Å²) < 4.78 is 13.6. The van der Waals surface area contributed by atoms with E-state index in [-0.39, 0.29) is 18.1 Å². The minimum absolute atomic E-state index is 0.198. The van der Waals surface area contributed by atoms with E-state index < -0.39 is 0 Å². The van der Waals surface area contributed by atoms with Crippen molar-refractivity contribution in [1.82, 2.24) is 10.3 Å². The minimum atomic E-state index is -0.305. The summed E-state index contributed by atoms with van der Waals surface area (Å²) in [5, 5.41) is 19.2. The number of rotatable bonds is 5. The van der Waals surface area contributed by atoms with Gasteiger partial charge in [0.15, 0.2) is 0 Å². The van der Waals surface area contributed by atoms with Crippen LogP contribution in [0.4, 0.5) is 4.39 Å². The summed E-state index contributed by atoms with van der Waals surface area (Å²) in [5.41, 5.74) is 1.40. The topological polar surface area (TPSA) is 72.6 Å². The number of pyridine rings is 1. The smallest absolute Gasteiger partial charge is 0.134 e.